The monoisotopic (exact) mass is 300 g/mol. The van der Waals surface area contributed by atoms with Gasteiger partial charge in [-0.2, -0.15) is 0 Å². The highest BCUT2D eigenvalue weighted by Gasteiger charge is 2.41. The lowest BCUT2D eigenvalue weighted by molar-refractivity contribution is 0.310. The van der Waals surface area contributed by atoms with Gasteiger partial charge in [-0.25, -0.2) is 4.39 Å². The van der Waals surface area contributed by atoms with Crippen molar-refractivity contribution in [1.29, 1.82) is 0 Å². The molecular weight excluding hydrogens is 283 g/mol. The molecular formula is C14H18BrFO. The van der Waals surface area contributed by atoms with Crippen molar-refractivity contribution in [3.05, 3.63) is 29.6 Å². The summed E-state index contributed by atoms with van der Waals surface area (Å²) in [5, 5.41) is 0.918. The molecule has 2 rings (SSSR count). The molecule has 0 aromatic heterocycles. The summed E-state index contributed by atoms with van der Waals surface area (Å²) in [6.45, 7) is 2.23. The molecule has 1 fully saturated rings. The minimum absolute atomic E-state index is 0.160. The Morgan fingerprint density at radius 1 is 1.47 bits per heavy atom. The van der Waals surface area contributed by atoms with E-state index in [1.165, 1.54) is 20.0 Å². The number of alkyl halides is 1. The fourth-order valence-electron chi connectivity index (χ4n) is 2.37. The van der Waals surface area contributed by atoms with Gasteiger partial charge in [0.25, 0.3) is 0 Å². The molecule has 1 nitrogen and oxygen atoms in total. The number of halogens is 2. The van der Waals surface area contributed by atoms with Gasteiger partial charge < -0.3 is 4.74 Å². The van der Waals surface area contributed by atoms with Gasteiger partial charge >= 0.3 is 0 Å². The van der Waals surface area contributed by atoms with Crippen molar-refractivity contribution in [2.75, 3.05) is 12.4 Å². The smallest absolute Gasteiger partial charge is 0.168 e. The molecule has 1 aliphatic rings. The molecule has 0 heterocycles. The highest BCUT2D eigenvalue weighted by atomic mass is 79.9. The Bertz CT molecular complexity index is 403. The van der Waals surface area contributed by atoms with E-state index >= 15 is 0 Å². The van der Waals surface area contributed by atoms with E-state index < -0.39 is 0 Å². The van der Waals surface area contributed by atoms with Crippen LogP contribution in [0.2, 0.25) is 0 Å². The predicted molar refractivity (Wildman–Crippen MR) is 71.3 cm³/mol. The molecule has 17 heavy (non-hydrogen) atoms. The number of ether oxygens (including phenoxy) is 1. The molecule has 0 aliphatic heterocycles. The van der Waals surface area contributed by atoms with Crippen molar-refractivity contribution in [3.8, 4) is 5.75 Å². The maximum Gasteiger partial charge on any atom is 0.168 e. The van der Waals surface area contributed by atoms with Crippen LogP contribution < -0.4 is 4.74 Å². The first-order valence-electron chi connectivity index (χ1n) is 5.98. The summed E-state index contributed by atoms with van der Waals surface area (Å²) in [6.07, 6.45) is 3.31. The maximum atomic E-state index is 14.1. The zero-order chi connectivity index (χ0) is 12.5. The third-order valence-electron chi connectivity index (χ3n) is 3.73. The zero-order valence-electron chi connectivity index (χ0n) is 10.3. The molecule has 1 aromatic rings. The fourth-order valence-corrected chi connectivity index (χ4v) is 3.02. The van der Waals surface area contributed by atoms with Gasteiger partial charge in [-0.1, -0.05) is 35.0 Å². The molecule has 0 bridgehead atoms. The highest BCUT2D eigenvalue weighted by molar-refractivity contribution is 9.09. The maximum absolute atomic E-state index is 14.1. The second-order valence-corrected chi connectivity index (χ2v) is 5.73. The fraction of sp³-hybridized carbons (Fsp3) is 0.571. The Kier molecular flexibility index (Phi) is 3.76. The first-order valence-corrected chi connectivity index (χ1v) is 7.10. The summed E-state index contributed by atoms with van der Waals surface area (Å²) in [4.78, 5) is 0. The van der Waals surface area contributed by atoms with E-state index in [-0.39, 0.29) is 11.2 Å². The van der Waals surface area contributed by atoms with Gasteiger partial charge in [-0.05, 0) is 42.2 Å². The van der Waals surface area contributed by atoms with Crippen molar-refractivity contribution in [2.45, 2.75) is 26.2 Å². The van der Waals surface area contributed by atoms with Crippen molar-refractivity contribution in [1.82, 2.24) is 0 Å². The van der Waals surface area contributed by atoms with Crippen LogP contribution >= 0.6 is 15.9 Å². The highest BCUT2D eigenvalue weighted by Crippen LogP contribution is 2.48. The molecule has 1 aliphatic carbocycles. The number of hydrogen-bond donors (Lipinski definition) is 0. The number of benzene rings is 1. The summed E-state index contributed by atoms with van der Waals surface area (Å²) in [6, 6.07) is 5.39. The standard InChI is InChI=1S/C14H18BrFO/c1-14(9-15,11-6-7-11)8-10-4-3-5-12(17-2)13(10)16/h3-5,11H,6-9H2,1-2H3. The predicted octanol–water partition coefficient (Wildman–Crippen LogP) is 4.19. The van der Waals surface area contributed by atoms with Gasteiger partial charge in [0.2, 0.25) is 0 Å². The molecule has 94 valence electrons. The lowest BCUT2D eigenvalue weighted by Crippen LogP contribution is -2.24. The average Bonchev–Trinajstić information content (AvgIpc) is 3.16. The Balaban J connectivity index is 2.22. The van der Waals surface area contributed by atoms with Gasteiger partial charge in [-0.15, -0.1) is 0 Å². The van der Waals surface area contributed by atoms with Crippen LogP contribution in [0.1, 0.15) is 25.3 Å². The largest absolute Gasteiger partial charge is 0.494 e. The van der Waals surface area contributed by atoms with E-state index in [0.29, 0.717) is 5.75 Å². The first-order chi connectivity index (χ1) is 8.10. The summed E-state index contributed by atoms with van der Waals surface area (Å²) >= 11 is 3.58. The van der Waals surface area contributed by atoms with E-state index in [4.69, 9.17) is 4.74 Å². The Morgan fingerprint density at radius 3 is 2.71 bits per heavy atom. The normalized spacial score (nSPS) is 18.8. The Morgan fingerprint density at radius 2 is 2.18 bits per heavy atom. The topological polar surface area (TPSA) is 9.23 Å². The van der Waals surface area contributed by atoms with Gasteiger partial charge in [0.15, 0.2) is 11.6 Å². The second-order valence-electron chi connectivity index (χ2n) is 5.17. The van der Waals surface area contributed by atoms with E-state index in [0.717, 1.165) is 23.2 Å². The zero-order valence-corrected chi connectivity index (χ0v) is 11.9. The van der Waals surface area contributed by atoms with Crippen LogP contribution in [-0.2, 0) is 6.42 Å². The van der Waals surface area contributed by atoms with Crippen LogP contribution in [-0.4, -0.2) is 12.4 Å². The van der Waals surface area contributed by atoms with Gasteiger partial charge in [0.05, 0.1) is 7.11 Å². The lowest BCUT2D eigenvalue weighted by Gasteiger charge is -2.27. The van der Waals surface area contributed by atoms with Gasteiger partial charge in [-0.3, -0.25) is 0 Å². The van der Waals surface area contributed by atoms with Gasteiger partial charge in [0.1, 0.15) is 0 Å². The second kappa shape index (κ2) is 4.97. The van der Waals surface area contributed by atoms with Crippen LogP contribution in [0.4, 0.5) is 4.39 Å². The quantitative estimate of drug-likeness (QED) is 0.741. The molecule has 0 amide bonds. The van der Waals surface area contributed by atoms with E-state index in [1.807, 2.05) is 12.1 Å². The molecule has 1 aromatic carbocycles. The van der Waals surface area contributed by atoms with Crippen LogP contribution in [0.25, 0.3) is 0 Å². The molecule has 1 unspecified atom stereocenters. The summed E-state index contributed by atoms with van der Waals surface area (Å²) in [5.74, 6) is 0.866. The minimum Gasteiger partial charge on any atom is -0.494 e. The third-order valence-corrected chi connectivity index (χ3v) is 5.01. The van der Waals surface area contributed by atoms with Crippen LogP contribution in [0.3, 0.4) is 0 Å². The van der Waals surface area contributed by atoms with E-state index in [2.05, 4.69) is 22.9 Å². The molecule has 1 atom stereocenters. The molecule has 0 N–H and O–H groups in total. The Hall–Kier alpha value is -0.570. The third kappa shape index (κ3) is 2.65. The SMILES string of the molecule is COc1cccc(CC(C)(CBr)C2CC2)c1F. The molecule has 1 saturated carbocycles. The minimum atomic E-state index is -0.206. The molecule has 0 radical (unpaired) electrons. The van der Waals surface area contributed by atoms with Gasteiger partial charge in [0, 0.05) is 5.33 Å². The van der Waals surface area contributed by atoms with Crippen molar-refractivity contribution in [2.24, 2.45) is 11.3 Å². The van der Waals surface area contributed by atoms with Crippen LogP contribution in [0, 0.1) is 17.2 Å². The summed E-state index contributed by atoms with van der Waals surface area (Å²) < 4.78 is 19.1. The number of rotatable bonds is 5. The summed E-state index contributed by atoms with van der Waals surface area (Å²) in [5.41, 5.74) is 0.922. The Labute approximate surface area is 110 Å². The van der Waals surface area contributed by atoms with Crippen LogP contribution in [0.15, 0.2) is 18.2 Å². The molecule has 0 saturated heterocycles. The van der Waals surface area contributed by atoms with Crippen LogP contribution in [0.5, 0.6) is 5.75 Å². The van der Waals surface area contributed by atoms with Crippen molar-refractivity contribution in [3.63, 3.8) is 0 Å². The average molecular weight is 301 g/mol. The van der Waals surface area contributed by atoms with Crippen molar-refractivity contribution < 1.29 is 9.13 Å². The van der Waals surface area contributed by atoms with Crippen molar-refractivity contribution >= 4 is 15.9 Å². The van der Waals surface area contributed by atoms with E-state index in [9.17, 15) is 4.39 Å². The molecule has 0 spiro atoms. The lowest BCUT2D eigenvalue weighted by atomic mass is 9.81. The first kappa shape index (κ1) is 12.9. The number of methoxy groups -OCH3 is 1. The number of hydrogen-bond acceptors (Lipinski definition) is 1. The summed E-state index contributed by atoms with van der Waals surface area (Å²) in [7, 11) is 1.51. The van der Waals surface area contributed by atoms with E-state index in [1.54, 1.807) is 6.07 Å². The molecule has 3 heteroatoms.